The number of nitrogen functional groups attached to an aromatic ring is 1. The lowest BCUT2D eigenvalue weighted by Gasteiger charge is -2.06. The van der Waals surface area contributed by atoms with E-state index in [9.17, 15) is 0 Å². The predicted octanol–water partition coefficient (Wildman–Crippen LogP) is 2.94. The molecule has 0 radical (unpaired) electrons. The van der Waals surface area contributed by atoms with Gasteiger partial charge in [0.2, 0.25) is 0 Å². The van der Waals surface area contributed by atoms with Crippen LogP contribution in [0.1, 0.15) is 0 Å². The Balaban J connectivity index is 2.63. The normalized spacial score (nSPS) is 10.1. The van der Waals surface area contributed by atoms with Crippen LogP contribution in [0.25, 0.3) is 11.1 Å². The SMILES string of the molecule is Nc1nccc(I)c1-c1ccccc1. The first-order valence-corrected chi connectivity index (χ1v) is 5.32. The molecule has 0 amide bonds. The van der Waals surface area contributed by atoms with Crippen molar-refractivity contribution in [2.24, 2.45) is 0 Å². The number of hydrogen-bond acceptors (Lipinski definition) is 2. The van der Waals surface area contributed by atoms with Crippen molar-refractivity contribution >= 4 is 28.4 Å². The Kier molecular flexibility index (Phi) is 2.67. The number of aromatic nitrogens is 1. The van der Waals surface area contributed by atoms with Crippen LogP contribution in [-0.2, 0) is 0 Å². The Morgan fingerprint density at radius 1 is 1.07 bits per heavy atom. The van der Waals surface area contributed by atoms with E-state index in [4.69, 9.17) is 5.73 Å². The Morgan fingerprint density at radius 2 is 1.79 bits per heavy atom. The molecule has 0 saturated carbocycles. The lowest BCUT2D eigenvalue weighted by atomic mass is 10.1. The molecule has 14 heavy (non-hydrogen) atoms. The topological polar surface area (TPSA) is 38.9 Å². The predicted molar refractivity (Wildman–Crippen MR) is 66.8 cm³/mol. The van der Waals surface area contributed by atoms with Gasteiger partial charge in [-0.3, -0.25) is 0 Å². The van der Waals surface area contributed by atoms with Gasteiger partial charge in [-0.05, 0) is 34.2 Å². The molecule has 0 aliphatic heterocycles. The number of halogens is 1. The van der Waals surface area contributed by atoms with E-state index in [0.717, 1.165) is 14.7 Å². The van der Waals surface area contributed by atoms with E-state index in [1.54, 1.807) is 6.20 Å². The minimum atomic E-state index is 0.586. The number of hydrogen-bond donors (Lipinski definition) is 1. The fourth-order valence-corrected chi connectivity index (χ4v) is 2.09. The van der Waals surface area contributed by atoms with Gasteiger partial charge in [0.05, 0.1) is 0 Å². The van der Waals surface area contributed by atoms with E-state index >= 15 is 0 Å². The summed E-state index contributed by atoms with van der Waals surface area (Å²) in [5.41, 5.74) is 7.97. The van der Waals surface area contributed by atoms with E-state index in [1.807, 2.05) is 36.4 Å². The van der Waals surface area contributed by atoms with Crippen LogP contribution in [0.5, 0.6) is 0 Å². The molecular formula is C11H9IN2. The summed E-state index contributed by atoms with van der Waals surface area (Å²) in [5.74, 6) is 0.586. The highest BCUT2D eigenvalue weighted by Crippen LogP contribution is 2.28. The van der Waals surface area contributed by atoms with Gasteiger partial charge in [-0.1, -0.05) is 30.3 Å². The van der Waals surface area contributed by atoms with Gasteiger partial charge in [-0.15, -0.1) is 0 Å². The summed E-state index contributed by atoms with van der Waals surface area (Å²) >= 11 is 2.27. The number of nitrogens with zero attached hydrogens (tertiary/aromatic N) is 1. The first-order chi connectivity index (χ1) is 6.79. The molecule has 1 aromatic carbocycles. The molecule has 2 aromatic rings. The number of benzene rings is 1. The highest BCUT2D eigenvalue weighted by molar-refractivity contribution is 14.1. The minimum Gasteiger partial charge on any atom is -0.383 e. The molecule has 2 N–H and O–H groups in total. The maximum absolute atomic E-state index is 5.84. The Bertz CT molecular complexity index is 420. The Hall–Kier alpha value is -1.10. The maximum atomic E-state index is 5.84. The van der Waals surface area contributed by atoms with Gasteiger partial charge < -0.3 is 5.73 Å². The van der Waals surface area contributed by atoms with Gasteiger partial charge in [0.25, 0.3) is 0 Å². The van der Waals surface area contributed by atoms with Gasteiger partial charge in [-0.2, -0.15) is 0 Å². The molecule has 2 rings (SSSR count). The quantitative estimate of drug-likeness (QED) is 0.822. The van der Waals surface area contributed by atoms with Crippen molar-refractivity contribution < 1.29 is 0 Å². The van der Waals surface area contributed by atoms with Crippen molar-refractivity contribution in [3.8, 4) is 11.1 Å². The molecule has 0 bridgehead atoms. The minimum absolute atomic E-state index is 0.586. The van der Waals surface area contributed by atoms with Crippen LogP contribution in [0.4, 0.5) is 5.82 Å². The van der Waals surface area contributed by atoms with E-state index in [0.29, 0.717) is 5.82 Å². The molecule has 3 heteroatoms. The Morgan fingerprint density at radius 3 is 2.43 bits per heavy atom. The van der Waals surface area contributed by atoms with Gasteiger partial charge >= 0.3 is 0 Å². The lowest BCUT2D eigenvalue weighted by molar-refractivity contribution is 1.32. The molecule has 0 saturated heterocycles. The van der Waals surface area contributed by atoms with Crippen LogP contribution in [0, 0.1) is 3.57 Å². The van der Waals surface area contributed by atoms with E-state index in [-0.39, 0.29) is 0 Å². The number of nitrogens with two attached hydrogens (primary N) is 1. The summed E-state index contributed by atoms with van der Waals surface area (Å²) < 4.78 is 1.13. The zero-order chi connectivity index (χ0) is 9.97. The summed E-state index contributed by atoms with van der Waals surface area (Å²) in [7, 11) is 0. The van der Waals surface area contributed by atoms with Crippen LogP contribution >= 0.6 is 22.6 Å². The van der Waals surface area contributed by atoms with Gasteiger partial charge in [0, 0.05) is 15.3 Å². The van der Waals surface area contributed by atoms with Crippen molar-refractivity contribution in [3.05, 3.63) is 46.2 Å². The highest BCUT2D eigenvalue weighted by Gasteiger charge is 2.06. The zero-order valence-corrected chi connectivity index (χ0v) is 9.60. The first kappa shape index (κ1) is 9.45. The second kappa shape index (κ2) is 3.96. The monoisotopic (exact) mass is 296 g/mol. The third-order valence-corrected chi connectivity index (χ3v) is 2.89. The van der Waals surface area contributed by atoms with Crippen LogP contribution in [0.15, 0.2) is 42.6 Å². The van der Waals surface area contributed by atoms with Gasteiger partial charge in [-0.25, -0.2) is 4.98 Å². The number of rotatable bonds is 1. The molecule has 0 fully saturated rings. The first-order valence-electron chi connectivity index (χ1n) is 4.24. The molecule has 70 valence electrons. The summed E-state index contributed by atoms with van der Waals surface area (Å²) in [6.45, 7) is 0. The van der Waals surface area contributed by atoms with Crippen molar-refractivity contribution in [2.75, 3.05) is 5.73 Å². The van der Waals surface area contributed by atoms with Crippen molar-refractivity contribution in [3.63, 3.8) is 0 Å². The van der Waals surface area contributed by atoms with E-state index in [2.05, 4.69) is 27.6 Å². The molecule has 0 atom stereocenters. The van der Waals surface area contributed by atoms with Crippen LogP contribution < -0.4 is 5.73 Å². The lowest BCUT2D eigenvalue weighted by Crippen LogP contribution is -1.95. The van der Waals surface area contributed by atoms with Crippen molar-refractivity contribution in [1.29, 1.82) is 0 Å². The average Bonchev–Trinajstić information content (AvgIpc) is 2.19. The third kappa shape index (κ3) is 1.72. The zero-order valence-electron chi connectivity index (χ0n) is 7.44. The highest BCUT2D eigenvalue weighted by atomic mass is 127. The number of pyridine rings is 1. The van der Waals surface area contributed by atoms with Gasteiger partial charge in [0.15, 0.2) is 0 Å². The van der Waals surface area contributed by atoms with E-state index < -0.39 is 0 Å². The Labute approximate surface area is 96.3 Å². The summed E-state index contributed by atoms with van der Waals surface area (Å²) in [4.78, 5) is 4.09. The molecule has 2 nitrogen and oxygen atoms in total. The smallest absolute Gasteiger partial charge is 0.132 e. The second-order valence-electron chi connectivity index (χ2n) is 2.92. The largest absolute Gasteiger partial charge is 0.383 e. The van der Waals surface area contributed by atoms with Crippen molar-refractivity contribution in [2.45, 2.75) is 0 Å². The van der Waals surface area contributed by atoms with Crippen molar-refractivity contribution in [1.82, 2.24) is 4.98 Å². The second-order valence-corrected chi connectivity index (χ2v) is 4.08. The van der Waals surface area contributed by atoms with E-state index in [1.165, 1.54) is 0 Å². The summed E-state index contributed by atoms with van der Waals surface area (Å²) in [6, 6.07) is 12.0. The maximum Gasteiger partial charge on any atom is 0.132 e. The van der Waals surface area contributed by atoms with Gasteiger partial charge in [0.1, 0.15) is 5.82 Å². The average molecular weight is 296 g/mol. The standard InChI is InChI=1S/C11H9IN2/c12-9-6-7-14-11(13)10(9)8-4-2-1-3-5-8/h1-7H,(H2,13,14). The van der Waals surface area contributed by atoms with Crippen LogP contribution in [0.3, 0.4) is 0 Å². The molecule has 1 aromatic heterocycles. The molecular weight excluding hydrogens is 287 g/mol. The fraction of sp³-hybridized carbons (Fsp3) is 0. The molecule has 0 aliphatic carbocycles. The molecule has 0 aliphatic rings. The third-order valence-electron chi connectivity index (χ3n) is 1.99. The molecule has 1 heterocycles. The number of anilines is 1. The van der Waals surface area contributed by atoms with Crippen LogP contribution in [-0.4, -0.2) is 4.98 Å². The summed E-state index contributed by atoms with van der Waals surface area (Å²) in [6.07, 6.45) is 1.73. The fourth-order valence-electron chi connectivity index (χ4n) is 1.34. The summed E-state index contributed by atoms with van der Waals surface area (Å²) in [5, 5.41) is 0. The molecule has 0 unspecified atom stereocenters. The molecule has 0 spiro atoms. The van der Waals surface area contributed by atoms with Crippen LogP contribution in [0.2, 0.25) is 0 Å².